The highest BCUT2D eigenvalue weighted by atomic mass is 16.1. The predicted octanol–water partition coefficient (Wildman–Crippen LogP) is 1.74. The van der Waals surface area contributed by atoms with Crippen molar-refractivity contribution < 1.29 is 0 Å². The molecule has 5 N–H and O–H groups in total. The van der Waals surface area contributed by atoms with Crippen LogP contribution in [-0.4, -0.2) is 23.1 Å². The Morgan fingerprint density at radius 2 is 1.90 bits per heavy atom. The van der Waals surface area contributed by atoms with E-state index in [1.807, 2.05) is 18.2 Å². The zero-order chi connectivity index (χ0) is 14.7. The molecule has 5 nitrogen and oxygen atoms in total. The van der Waals surface area contributed by atoms with Crippen LogP contribution in [0.25, 0.3) is 11.0 Å². The average molecular weight is 276 g/mol. The minimum absolute atomic E-state index is 0.166. The number of hydrogen-bond donors (Lipinski definition) is 4. The first-order chi connectivity index (χ1) is 9.51. The Morgan fingerprint density at radius 3 is 2.55 bits per heavy atom. The van der Waals surface area contributed by atoms with E-state index in [1.54, 1.807) is 0 Å². The topological polar surface area (TPSA) is 86.7 Å². The third kappa shape index (κ3) is 3.29. The lowest BCUT2D eigenvalue weighted by Crippen LogP contribution is -2.33. The maximum Gasteiger partial charge on any atom is 0.323 e. The monoisotopic (exact) mass is 276 g/mol. The van der Waals surface area contributed by atoms with E-state index in [0.29, 0.717) is 18.4 Å². The Bertz CT molecular complexity index is 614. The SMILES string of the molecule is CC(NCC(CN)C(C)C)c1ccc2[nH]c(=O)[nH]c2c1. The highest BCUT2D eigenvalue weighted by Crippen LogP contribution is 2.18. The zero-order valence-corrected chi connectivity index (χ0v) is 12.4. The fraction of sp³-hybridized carbons (Fsp3) is 0.533. The molecule has 1 aromatic carbocycles. The van der Waals surface area contributed by atoms with Crippen molar-refractivity contribution in [2.75, 3.05) is 13.1 Å². The minimum atomic E-state index is -0.166. The van der Waals surface area contributed by atoms with E-state index in [1.165, 1.54) is 0 Å². The molecule has 0 aliphatic heterocycles. The van der Waals surface area contributed by atoms with Crippen LogP contribution in [0.4, 0.5) is 0 Å². The first-order valence-corrected chi connectivity index (χ1v) is 7.16. The number of hydrogen-bond acceptors (Lipinski definition) is 3. The van der Waals surface area contributed by atoms with Crippen molar-refractivity contribution in [3.63, 3.8) is 0 Å². The zero-order valence-electron chi connectivity index (χ0n) is 12.4. The molecule has 2 unspecified atom stereocenters. The van der Waals surface area contributed by atoms with Crippen molar-refractivity contribution in [3.05, 3.63) is 34.2 Å². The lowest BCUT2D eigenvalue weighted by molar-refractivity contribution is 0.356. The first kappa shape index (κ1) is 14.8. The lowest BCUT2D eigenvalue weighted by atomic mass is 9.95. The van der Waals surface area contributed by atoms with Gasteiger partial charge in [0.15, 0.2) is 0 Å². The molecule has 2 rings (SSSR count). The van der Waals surface area contributed by atoms with Gasteiger partial charge in [-0.2, -0.15) is 0 Å². The molecule has 5 heteroatoms. The molecule has 0 fully saturated rings. The van der Waals surface area contributed by atoms with E-state index < -0.39 is 0 Å². The molecule has 0 aliphatic carbocycles. The minimum Gasteiger partial charge on any atom is -0.330 e. The van der Waals surface area contributed by atoms with E-state index in [2.05, 4.69) is 36.1 Å². The maximum absolute atomic E-state index is 11.3. The molecule has 2 atom stereocenters. The largest absolute Gasteiger partial charge is 0.330 e. The molecule has 2 aromatic rings. The van der Waals surface area contributed by atoms with E-state index in [-0.39, 0.29) is 11.7 Å². The summed E-state index contributed by atoms with van der Waals surface area (Å²) < 4.78 is 0. The van der Waals surface area contributed by atoms with Gasteiger partial charge in [-0.3, -0.25) is 0 Å². The highest BCUT2D eigenvalue weighted by molar-refractivity contribution is 5.75. The van der Waals surface area contributed by atoms with Crippen LogP contribution < -0.4 is 16.7 Å². The Balaban J connectivity index is 2.06. The molecule has 0 bridgehead atoms. The van der Waals surface area contributed by atoms with Gasteiger partial charge < -0.3 is 21.0 Å². The summed E-state index contributed by atoms with van der Waals surface area (Å²) in [7, 11) is 0. The third-order valence-corrected chi connectivity index (χ3v) is 3.97. The number of H-pyrrole nitrogens is 2. The lowest BCUT2D eigenvalue weighted by Gasteiger charge is -2.22. The van der Waals surface area contributed by atoms with Crippen LogP contribution in [-0.2, 0) is 0 Å². The standard InChI is InChI=1S/C15H24N4O/c1-9(2)12(7-16)8-17-10(3)11-4-5-13-14(6-11)19-15(20)18-13/h4-6,9-10,12,17H,7-8,16H2,1-3H3,(H2,18,19,20). The van der Waals surface area contributed by atoms with Gasteiger partial charge in [-0.15, -0.1) is 0 Å². The molecular formula is C15H24N4O. The first-order valence-electron chi connectivity index (χ1n) is 7.16. The number of fused-ring (bicyclic) bond motifs is 1. The van der Waals surface area contributed by atoms with Gasteiger partial charge in [-0.05, 0) is 49.5 Å². The molecule has 0 amide bonds. The van der Waals surface area contributed by atoms with Gasteiger partial charge >= 0.3 is 5.69 Å². The van der Waals surface area contributed by atoms with Crippen molar-refractivity contribution in [2.24, 2.45) is 17.6 Å². The number of nitrogens with one attached hydrogen (secondary N) is 3. The molecule has 1 heterocycles. The van der Waals surface area contributed by atoms with Crippen molar-refractivity contribution in [1.82, 2.24) is 15.3 Å². The van der Waals surface area contributed by atoms with Crippen LogP contribution >= 0.6 is 0 Å². The number of benzene rings is 1. The van der Waals surface area contributed by atoms with Crippen LogP contribution in [0.3, 0.4) is 0 Å². The molecule has 1 aromatic heterocycles. The second-order valence-corrected chi connectivity index (χ2v) is 5.75. The molecule has 0 saturated carbocycles. The molecule has 110 valence electrons. The highest BCUT2D eigenvalue weighted by Gasteiger charge is 2.13. The number of rotatable bonds is 6. The van der Waals surface area contributed by atoms with Gasteiger partial charge in [0, 0.05) is 6.04 Å². The third-order valence-electron chi connectivity index (χ3n) is 3.97. The van der Waals surface area contributed by atoms with Crippen LogP contribution in [0, 0.1) is 11.8 Å². The summed E-state index contributed by atoms with van der Waals surface area (Å²) in [6.45, 7) is 8.11. The Morgan fingerprint density at radius 1 is 1.20 bits per heavy atom. The Labute approximate surface area is 119 Å². The van der Waals surface area contributed by atoms with Gasteiger partial charge in [0.2, 0.25) is 0 Å². The number of nitrogens with two attached hydrogens (primary N) is 1. The Hall–Kier alpha value is -1.59. The number of imidazole rings is 1. The van der Waals surface area contributed by atoms with Gasteiger partial charge in [-0.25, -0.2) is 4.79 Å². The summed E-state index contributed by atoms with van der Waals surface area (Å²) in [5.74, 6) is 1.05. The van der Waals surface area contributed by atoms with E-state index in [4.69, 9.17) is 5.73 Å². The van der Waals surface area contributed by atoms with Crippen LogP contribution in [0.2, 0.25) is 0 Å². The smallest absolute Gasteiger partial charge is 0.323 e. The van der Waals surface area contributed by atoms with E-state index >= 15 is 0 Å². The van der Waals surface area contributed by atoms with Crippen LogP contribution in [0.15, 0.2) is 23.0 Å². The van der Waals surface area contributed by atoms with Crippen LogP contribution in [0.5, 0.6) is 0 Å². The fourth-order valence-corrected chi connectivity index (χ4v) is 2.36. The molecule has 0 radical (unpaired) electrons. The molecule has 0 aliphatic rings. The summed E-state index contributed by atoms with van der Waals surface area (Å²) in [4.78, 5) is 16.8. The van der Waals surface area contributed by atoms with Gasteiger partial charge in [-0.1, -0.05) is 19.9 Å². The Kier molecular flexibility index (Phi) is 4.62. The fourth-order valence-electron chi connectivity index (χ4n) is 2.36. The van der Waals surface area contributed by atoms with Gasteiger partial charge in [0.25, 0.3) is 0 Å². The second-order valence-electron chi connectivity index (χ2n) is 5.75. The van der Waals surface area contributed by atoms with Gasteiger partial charge in [0.1, 0.15) is 0 Å². The maximum atomic E-state index is 11.3. The molecule has 0 spiro atoms. The normalized spacial score (nSPS) is 14.8. The van der Waals surface area contributed by atoms with E-state index in [0.717, 1.165) is 23.1 Å². The average Bonchev–Trinajstić information content (AvgIpc) is 2.77. The molecular weight excluding hydrogens is 252 g/mol. The van der Waals surface area contributed by atoms with E-state index in [9.17, 15) is 4.79 Å². The number of aromatic nitrogens is 2. The van der Waals surface area contributed by atoms with Crippen molar-refractivity contribution in [1.29, 1.82) is 0 Å². The van der Waals surface area contributed by atoms with Crippen molar-refractivity contribution >= 4 is 11.0 Å². The second kappa shape index (κ2) is 6.24. The predicted molar refractivity (Wildman–Crippen MR) is 82.7 cm³/mol. The van der Waals surface area contributed by atoms with Crippen molar-refractivity contribution in [3.8, 4) is 0 Å². The summed E-state index contributed by atoms with van der Waals surface area (Å²) in [5.41, 5.74) is 8.47. The summed E-state index contributed by atoms with van der Waals surface area (Å²) >= 11 is 0. The van der Waals surface area contributed by atoms with Crippen LogP contribution in [0.1, 0.15) is 32.4 Å². The quantitative estimate of drug-likeness (QED) is 0.648. The summed E-state index contributed by atoms with van der Waals surface area (Å²) in [6.07, 6.45) is 0. The molecule has 20 heavy (non-hydrogen) atoms. The van der Waals surface area contributed by atoms with Crippen molar-refractivity contribution in [2.45, 2.75) is 26.8 Å². The van der Waals surface area contributed by atoms with Gasteiger partial charge in [0.05, 0.1) is 11.0 Å². The molecule has 0 saturated heterocycles. The number of aromatic amines is 2. The summed E-state index contributed by atoms with van der Waals surface area (Å²) in [5, 5.41) is 3.52. The summed E-state index contributed by atoms with van der Waals surface area (Å²) in [6, 6.07) is 6.21.